The topological polar surface area (TPSA) is 60.2 Å². The predicted molar refractivity (Wildman–Crippen MR) is 61.6 cm³/mol. The molecule has 0 amide bonds. The molecule has 4 nitrogen and oxygen atoms in total. The number of Topliss-reactive ketones (excluding diaryl/α,β-unsaturated/α-hetero) is 1. The summed E-state index contributed by atoms with van der Waals surface area (Å²) >= 11 is 1.32. The van der Waals surface area contributed by atoms with Crippen molar-refractivity contribution in [3.05, 3.63) is 34.4 Å². The number of para-hydroxylation sites is 1. The molecule has 1 aromatic carbocycles. The first kappa shape index (κ1) is 11.1. The number of carbonyl (C=O) groups excluding carboxylic acids is 1. The van der Waals surface area contributed by atoms with Crippen LogP contribution >= 0.6 is 11.8 Å². The summed E-state index contributed by atoms with van der Waals surface area (Å²) in [5.74, 6) is 0.211. The lowest BCUT2D eigenvalue weighted by Crippen LogP contribution is -2.08. The number of benzene rings is 1. The van der Waals surface area contributed by atoms with Crippen molar-refractivity contribution in [2.24, 2.45) is 0 Å². The first-order chi connectivity index (χ1) is 7.68. The van der Waals surface area contributed by atoms with E-state index in [2.05, 4.69) is 0 Å². The van der Waals surface area contributed by atoms with E-state index in [9.17, 15) is 14.9 Å². The van der Waals surface area contributed by atoms with Crippen molar-refractivity contribution < 1.29 is 9.72 Å². The monoisotopic (exact) mass is 237 g/mol. The van der Waals surface area contributed by atoms with Gasteiger partial charge in [-0.2, -0.15) is 0 Å². The smallest absolute Gasteiger partial charge is 0.282 e. The molecule has 0 heterocycles. The molecule has 1 atom stereocenters. The summed E-state index contributed by atoms with van der Waals surface area (Å²) in [4.78, 5) is 22.4. The third-order valence-corrected chi connectivity index (χ3v) is 3.96. The van der Waals surface area contributed by atoms with Crippen LogP contribution in [0.1, 0.15) is 19.3 Å². The third kappa shape index (κ3) is 2.24. The summed E-state index contributed by atoms with van der Waals surface area (Å²) < 4.78 is 0. The second-order valence-corrected chi connectivity index (χ2v) is 4.93. The maximum absolute atomic E-state index is 11.5. The molecule has 1 aliphatic rings. The Bertz CT molecular complexity index is 433. The number of thioether (sulfide) groups is 1. The maximum atomic E-state index is 11.5. The van der Waals surface area contributed by atoms with E-state index in [1.807, 2.05) is 0 Å². The van der Waals surface area contributed by atoms with E-state index < -0.39 is 4.92 Å². The van der Waals surface area contributed by atoms with Crippen LogP contribution in [0.15, 0.2) is 29.2 Å². The fourth-order valence-corrected chi connectivity index (χ4v) is 3.03. The number of carbonyl (C=O) groups is 1. The van der Waals surface area contributed by atoms with Crippen molar-refractivity contribution in [2.45, 2.75) is 29.4 Å². The standard InChI is InChI=1S/C11H11NO3S/c13-9-5-3-7-11(9)16-10-6-2-1-4-8(10)12(14)15/h1-2,4,6,11H,3,5,7H2. The number of rotatable bonds is 3. The molecule has 1 aliphatic carbocycles. The maximum Gasteiger partial charge on any atom is 0.282 e. The van der Waals surface area contributed by atoms with Gasteiger partial charge in [0.25, 0.3) is 5.69 Å². The molecule has 2 rings (SSSR count). The molecular formula is C11H11NO3S. The summed E-state index contributed by atoms with van der Waals surface area (Å²) in [6, 6.07) is 6.57. The van der Waals surface area contributed by atoms with Crippen molar-refractivity contribution in [1.29, 1.82) is 0 Å². The minimum absolute atomic E-state index is 0.0900. The zero-order valence-corrected chi connectivity index (χ0v) is 9.40. The zero-order chi connectivity index (χ0) is 11.5. The molecule has 1 saturated carbocycles. The molecule has 0 N–H and O–H groups in total. The van der Waals surface area contributed by atoms with E-state index in [1.165, 1.54) is 17.8 Å². The highest BCUT2D eigenvalue weighted by atomic mass is 32.2. The lowest BCUT2D eigenvalue weighted by molar-refractivity contribution is -0.387. The molecule has 0 aromatic heterocycles. The van der Waals surface area contributed by atoms with E-state index in [0.717, 1.165) is 12.8 Å². The number of nitro benzene ring substituents is 1. The van der Waals surface area contributed by atoms with Gasteiger partial charge in [-0.05, 0) is 18.9 Å². The Morgan fingerprint density at radius 1 is 1.38 bits per heavy atom. The largest absolute Gasteiger partial charge is 0.298 e. The molecule has 0 bridgehead atoms. The average Bonchev–Trinajstić information content (AvgIpc) is 2.65. The third-order valence-electron chi connectivity index (χ3n) is 2.58. The van der Waals surface area contributed by atoms with Crippen LogP contribution in [0.5, 0.6) is 0 Å². The van der Waals surface area contributed by atoms with Crippen LogP contribution in [-0.2, 0) is 4.79 Å². The summed E-state index contributed by atoms with van der Waals surface area (Å²) in [5, 5.41) is 10.7. The van der Waals surface area contributed by atoms with E-state index in [0.29, 0.717) is 11.3 Å². The quantitative estimate of drug-likeness (QED) is 0.599. The van der Waals surface area contributed by atoms with Crippen LogP contribution in [0, 0.1) is 10.1 Å². The Balaban J connectivity index is 2.20. The van der Waals surface area contributed by atoms with Gasteiger partial charge in [0.1, 0.15) is 5.78 Å². The van der Waals surface area contributed by atoms with Gasteiger partial charge in [-0.3, -0.25) is 14.9 Å². The van der Waals surface area contributed by atoms with Gasteiger partial charge in [0.05, 0.1) is 15.1 Å². The van der Waals surface area contributed by atoms with Gasteiger partial charge in [0, 0.05) is 12.5 Å². The Morgan fingerprint density at radius 3 is 2.75 bits per heavy atom. The number of nitro groups is 1. The van der Waals surface area contributed by atoms with Crippen LogP contribution in [0.25, 0.3) is 0 Å². The Labute approximate surface area is 97.2 Å². The van der Waals surface area contributed by atoms with Crippen LogP contribution in [0.2, 0.25) is 0 Å². The zero-order valence-electron chi connectivity index (χ0n) is 8.59. The molecule has 1 fully saturated rings. The summed E-state index contributed by atoms with van der Waals surface area (Å²) in [6.45, 7) is 0. The van der Waals surface area contributed by atoms with Gasteiger partial charge in [0.2, 0.25) is 0 Å². The molecule has 16 heavy (non-hydrogen) atoms. The molecule has 0 radical (unpaired) electrons. The fourth-order valence-electron chi connectivity index (χ4n) is 1.77. The highest BCUT2D eigenvalue weighted by Crippen LogP contribution is 2.37. The average molecular weight is 237 g/mol. The minimum atomic E-state index is -0.401. The van der Waals surface area contributed by atoms with E-state index >= 15 is 0 Å². The fraction of sp³-hybridized carbons (Fsp3) is 0.364. The van der Waals surface area contributed by atoms with Gasteiger partial charge >= 0.3 is 0 Å². The van der Waals surface area contributed by atoms with Crippen LogP contribution < -0.4 is 0 Å². The normalized spacial score (nSPS) is 20.0. The van der Waals surface area contributed by atoms with Crippen LogP contribution in [0.4, 0.5) is 5.69 Å². The first-order valence-corrected chi connectivity index (χ1v) is 5.99. The first-order valence-electron chi connectivity index (χ1n) is 5.11. The van der Waals surface area contributed by atoms with Crippen molar-refractivity contribution in [3.63, 3.8) is 0 Å². The minimum Gasteiger partial charge on any atom is -0.298 e. The molecule has 5 heteroatoms. The number of nitrogens with zero attached hydrogens (tertiary/aromatic N) is 1. The number of hydrogen-bond donors (Lipinski definition) is 0. The number of hydrogen-bond acceptors (Lipinski definition) is 4. The van der Waals surface area contributed by atoms with Crippen molar-refractivity contribution in [3.8, 4) is 0 Å². The molecule has 0 spiro atoms. The lowest BCUT2D eigenvalue weighted by atomic mass is 10.3. The molecule has 1 unspecified atom stereocenters. The molecule has 0 aliphatic heterocycles. The van der Waals surface area contributed by atoms with Crippen molar-refractivity contribution in [2.75, 3.05) is 0 Å². The van der Waals surface area contributed by atoms with Gasteiger partial charge in [0.15, 0.2) is 0 Å². The molecule has 0 saturated heterocycles. The summed E-state index contributed by atoms with van der Waals surface area (Å²) in [6.07, 6.45) is 2.34. The Kier molecular flexibility index (Phi) is 3.24. The highest BCUT2D eigenvalue weighted by molar-refractivity contribution is 8.00. The van der Waals surface area contributed by atoms with Crippen LogP contribution in [-0.4, -0.2) is 16.0 Å². The van der Waals surface area contributed by atoms with Crippen molar-refractivity contribution in [1.82, 2.24) is 0 Å². The van der Waals surface area contributed by atoms with Crippen molar-refractivity contribution >= 4 is 23.2 Å². The highest BCUT2D eigenvalue weighted by Gasteiger charge is 2.27. The number of ketones is 1. The van der Waals surface area contributed by atoms with Gasteiger partial charge in [-0.1, -0.05) is 12.1 Å². The van der Waals surface area contributed by atoms with E-state index in [1.54, 1.807) is 18.2 Å². The van der Waals surface area contributed by atoms with Gasteiger partial charge < -0.3 is 0 Å². The second-order valence-electron chi connectivity index (χ2n) is 3.69. The lowest BCUT2D eigenvalue weighted by Gasteiger charge is -2.07. The molecule has 84 valence electrons. The van der Waals surface area contributed by atoms with E-state index in [4.69, 9.17) is 0 Å². The van der Waals surface area contributed by atoms with E-state index in [-0.39, 0.29) is 16.7 Å². The molecular weight excluding hydrogens is 226 g/mol. The van der Waals surface area contributed by atoms with Crippen LogP contribution in [0.3, 0.4) is 0 Å². The van der Waals surface area contributed by atoms with Gasteiger partial charge in [-0.15, -0.1) is 11.8 Å². The SMILES string of the molecule is O=C1CCCC1Sc1ccccc1[N+](=O)[O-]. The molecule has 1 aromatic rings. The Hall–Kier alpha value is -1.36. The predicted octanol–water partition coefficient (Wildman–Crippen LogP) is 2.81. The Morgan fingerprint density at radius 2 is 2.12 bits per heavy atom. The van der Waals surface area contributed by atoms with Gasteiger partial charge in [-0.25, -0.2) is 0 Å². The summed E-state index contributed by atoms with van der Waals surface area (Å²) in [7, 11) is 0. The second kappa shape index (κ2) is 4.65. The summed E-state index contributed by atoms with van der Waals surface area (Å²) in [5.41, 5.74) is 0.0900.